The summed E-state index contributed by atoms with van der Waals surface area (Å²) < 4.78 is 17.4. The summed E-state index contributed by atoms with van der Waals surface area (Å²) >= 11 is 0. The zero-order valence-corrected chi connectivity index (χ0v) is 25.1. The molecular formula is C32H50O7. The minimum atomic E-state index is -0.390. The molecule has 1 spiro atoms. The first-order valence-corrected chi connectivity index (χ1v) is 15.4. The maximum Gasteiger partial charge on any atom is 0.309 e. The van der Waals surface area contributed by atoms with E-state index in [2.05, 4.69) is 34.6 Å². The lowest BCUT2D eigenvalue weighted by molar-refractivity contribution is -0.236. The molecular weight excluding hydrogens is 496 g/mol. The second kappa shape index (κ2) is 9.73. The van der Waals surface area contributed by atoms with Gasteiger partial charge in [-0.2, -0.15) is 0 Å². The van der Waals surface area contributed by atoms with Gasteiger partial charge in [0.05, 0.1) is 25.0 Å². The number of rotatable bonds is 5. The molecule has 220 valence electrons. The second-order valence-corrected chi connectivity index (χ2v) is 15.1. The molecule has 1 N–H and O–H groups in total. The van der Waals surface area contributed by atoms with Crippen molar-refractivity contribution in [2.24, 2.45) is 51.2 Å². The van der Waals surface area contributed by atoms with Crippen LogP contribution < -0.4 is 0 Å². The van der Waals surface area contributed by atoms with Crippen LogP contribution in [0.2, 0.25) is 0 Å². The fourth-order valence-corrected chi connectivity index (χ4v) is 10.8. The van der Waals surface area contributed by atoms with E-state index in [0.29, 0.717) is 37.7 Å². The van der Waals surface area contributed by atoms with Crippen molar-refractivity contribution in [1.29, 1.82) is 0 Å². The van der Waals surface area contributed by atoms with Crippen LogP contribution in [0.4, 0.5) is 0 Å². The van der Waals surface area contributed by atoms with Crippen LogP contribution in [0, 0.1) is 51.2 Å². The Morgan fingerprint density at radius 2 is 1.79 bits per heavy atom. The van der Waals surface area contributed by atoms with Gasteiger partial charge < -0.3 is 19.3 Å². The van der Waals surface area contributed by atoms with E-state index < -0.39 is 0 Å². The van der Waals surface area contributed by atoms with E-state index in [0.717, 1.165) is 38.5 Å². The molecule has 5 aliphatic rings. The minimum Gasteiger partial charge on any atom is -0.465 e. The average molecular weight is 547 g/mol. The second-order valence-electron chi connectivity index (χ2n) is 15.1. The summed E-state index contributed by atoms with van der Waals surface area (Å²) in [6.45, 7) is 15.3. The number of ether oxygens (including phenoxy) is 3. The van der Waals surface area contributed by atoms with E-state index in [9.17, 15) is 19.5 Å². The number of aliphatic hydroxyl groups excluding tert-OH is 1. The van der Waals surface area contributed by atoms with Gasteiger partial charge in [0.2, 0.25) is 0 Å². The van der Waals surface area contributed by atoms with Gasteiger partial charge in [0, 0.05) is 18.8 Å². The Balaban J connectivity index is 1.48. The van der Waals surface area contributed by atoms with Crippen LogP contribution in [-0.2, 0) is 28.6 Å². The fourth-order valence-electron chi connectivity index (χ4n) is 10.8. The maximum absolute atomic E-state index is 12.9. The molecule has 5 fully saturated rings. The molecule has 0 amide bonds. The van der Waals surface area contributed by atoms with Gasteiger partial charge in [0.25, 0.3) is 0 Å². The van der Waals surface area contributed by atoms with E-state index in [4.69, 9.17) is 14.2 Å². The maximum atomic E-state index is 12.9. The van der Waals surface area contributed by atoms with Crippen LogP contribution in [-0.4, -0.2) is 47.9 Å². The Hall–Kier alpha value is -1.63. The number of hydrogen-bond acceptors (Lipinski definition) is 7. The van der Waals surface area contributed by atoms with Crippen LogP contribution in [0.1, 0.15) is 106 Å². The predicted molar refractivity (Wildman–Crippen MR) is 145 cm³/mol. The third-order valence-electron chi connectivity index (χ3n) is 12.9. The molecule has 5 rings (SSSR count). The van der Waals surface area contributed by atoms with Gasteiger partial charge in [-0.3, -0.25) is 14.4 Å². The van der Waals surface area contributed by atoms with Crippen LogP contribution in [0.5, 0.6) is 0 Å². The lowest BCUT2D eigenvalue weighted by Gasteiger charge is -2.70. The van der Waals surface area contributed by atoms with Crippen LogP contribution >= 0.6 is 0 Å². The summed E-state index contributed by atoms with van der Waals surface area (Å²) in [5, 5.41) is 11.0. The molecule has 0 bridgehead atoms. The molecule has 11 unspecified atom stereocenters. The van der Waals surface area contributed by atoms with E-state index >= 15 is 0 Å². The van der Waals surface area contributed by atoms with E-state index in [1.165, 1.54) is 6.92 Å². The van der Waals surface area contributed by atoms with E-state index in [1.54, 1.807) is 0 Å². The summed E-state index contributed by atoms with van der Waals surface area (Å²) in [6, 6.07) is 0. The molecule has 11 atom stereocenters. The van der Waals surface area contributed by atoms with E-state index in [1.807, 2.05) is 6.92 Å². The Kier molecular flexibility index (Phi) is 7.21. The first kappa shape index (κ1) is 28.9. The van der Waals surface area contributed by atoms with Crippen LogP contribution in [0.3, 0.4) is 0 Å². The molecule has 0 aromatic carbocycles. The number of cyclic esters (lactones) is 2. The van der Waals surface area contributed by atoms with Gasteiger partial charge in [-0.25, -0.2) is 0 Å². The first-order chi connectivity index (χ1) is 18.2. The van der Waals surface area contributed by atoms with Crippen molar-refractivity contribution in [3.8, 4) is 0 Å². The monoisotopic (exact) mass is 546 g/mol. The largest absolute Gasteiger partial charge is 0.465 e. The zero-order valence-electron chi connectivity index (χ0n) is 25.1. The highest BCUT2D eigenvalue weighted by atomic mass is 16.6. The van der Waals surface area contributed by atoms with Crippen LogP contribution in [0.15, 0.2) is 0 Å². The van der Waals surface area contributed by atoms with Gasteiger partial charge in [0.1, 0.15) is 12.2 Å². The van der Waals surface area contributed by atoms with Crippen molar-refractivity contribution in [3.63, 3.8) is 0 Å². The molecule has 7 heteroatoms. The molecule has 3 aliphatic carbocycles. The van der Waals surface area contributed by atoms with Crippen molar-refractivity contribution in [1.82, 2.24) is 0 Å². The van der Waals surface area contributed by atoms with Gasteiger partial charge in [-0.05, 0) is 84.9 Å². The molecule has 0 aromatic heterocycles. The normalized spacial score (nSPS) is 46.6. The van der Waals surface area contributed by atoms with Crippen molar-refractivity contribution in [2.45, 2.75) is 125 Å². The van der Waals surface area contributed by atoms with Crippen molar-refractivity contribution in [2.75, 3.05) is 6.61 Å². The number of esters is 3. The summed E-state index contributed by atoms with van der Waals surface area (Å²) in [4.78, 5) is 37.3. The lowest BCUT2D eigenvalue weighted by atomic mass is 9.34. The number of carbonyl (C=O) groups excluding carboxylic acids is 3. The average Bonchev–Trinajstić information content (AvgIpc) is 3.39. The highest BCUT2D eigenvalue weighted by molar-refractivity contribution is 5.74. The van der Waals surface area contributed by atoms with Crippen molar-refractivity contribution >= 4 is 17.9 Å². The number of fused-ring (bicyclic) bond motifs is 4. The molecule has 2 saturated heterocycles. The molecule has 39 heavy (non-hydrogen) atoms. The van der Waals surface area contributed by atoms with Gasteiger partial charge >= 0.3 is 17.9 Å². The summed E-state index contributed by atoms with van der Waals surface area (Å²) in [5.41, 5.74) is -0.482. The quantitative estimate of drug-likeness (QED) is 0.361. The highest BCUT2D eigenvalue weighted by Crippen LogP contribution is 2.74. The third-order valence-corrected chi connectivity index (χ3v) is 12.9. The summed E-state index contributed by atoms with van der Waals surface area (Å²) in [7, 11) is 0. The molecule has 7 nitrogen and oxygen atoms in total. The molecule has 2 heterocycles. The number of aliphatic hydroxyl groups is 1. The molecule has 2 aliphatic heterocycles. The Bertz CT molecular complexity index is 1010. The summed E-state index contributed by atoms with van der Waals surface area (Å²) in [6.07, 6.45) is 6.49. The third kappa shape index (κ3) is 4.35. The minimum absolute atomic E-state index is 0.00840. The first-order valence-electron chi connectivity index (χ1n) is 15.4. The number of carbonyl (C=O) groups is 3. The molecule has 3 saturated carbocycles. The van der Waals surface area contributed by atoms with Gasteiger partial charge in [0.15, 0.2) is 0 Å². The van der Waals surface area contributed by atoms with Gasteiger partial charge in [-0.1, -0.05) is 41.5 Å². The lowest BCUT2D eigenvalue weighted by Crippen LogP contribution is -2.66. The molecule has 0 radical (unpaired) electrons. The SMILES string of the molecule is CC(=O)OC(CC1CC(C)C(=O)O1)C(C)C1CCC2C3(C)CCC(O)C(C)(C)C3CCC2(C)C12COC(=O)C2. The van der Waals surface area contributed by atoms with Crippen molar-refractivity contribution in [3.05, 3.63) is 0 Å². The van der Waals surface area contributed by atoms with E-state index in [-0.39, 0.29) is 75.6 Å². The van der Waals surface area contributed by atoms with Gasteiger partial charge in [-0.15, -0.1) is 0 Å². The Morgan fingerprint density at radius 3 is 2.38 bits per heavy atom. The standard InChI is InChI=1S/C32H50O7/c1-18-14-21(39-28(18)36)15-23(38-20(3)33)19(2)22-8-9-25-30(6)12-11-26(34)29(4,5)24(30)10-13-31(25,7)32(22)16-27(35)37-17-32/h18-19,21-26,34H,8-17H2,1-7H3. The fraction of sp³-hybridized carbons (Fsp3) is 0.906. The summed E-state index contributed by atoms with van der Waals surface area (Å²) in [5.74, 6) is 0.229. The van der Waals surface area contributed by atoms with Crippen molar-refractivity contribution < 1.29 is 33.7 Å². The highest BCUT2D eigenvalue weighted by Gasteiger charge is 2.70. The predicted octanol–water partition coefficient (Wildman–Crippen LogP) is 5.46. The molecule has 0 aromatic rings. The Labute approximate surface area is 234 Å². The zero-order chi connectivity index (χ0) is 28.5. The Morgan fingerprint density at radius 1 is 1.08 bits per heavy atom. The topological polar surface area (TPSA) is 99.1 Å². The smallest absolute Gasteiger partial charge is 0.309 e. The number of hydrogen-bond donors (Lipinski definition) is 1. The van der Waals surface area contributed by atoms with Crippen LogP contribution in [0.25, 0.3) is 0 Å².